The molecule has 2 aromatic rings. The first-order valence-electron chi connectivity index (χ1n) is 9.38. The third-order valence-electron chi connectivity index (χ3n) is 4.92. The number of amides is 2. The fourth-order valence-corrected chi connectivity index (χ4v) is 3.37. The lowest BCUT2D eigenvalue weighted by molar-refractivity contribution is -0.137. The smallest absolute Gasteiger partial charge is 0.277 e. The molecule has 0 N–H and O–H groups in total. The first kappa shape index (κ1) is 18.8. The number of hydrogen-bond acceptors (Lipinski definition) is 4. The Morgan fingerprint density at radius 2 is 1.63 bits per heavy atom. The number of aryl methyl sites for hydroxylation is 1. The zero-order chi connectivity index (χ0) is 19.4. The third-order valence-corrected chi connectivity index (χ3v) is 4.92. The Kier molecular flexibility index (Phi) is 5.69. The zero-order valence-corrected chi connectivity index (χ0v) is 16.1. The summed E-state index contributed by atoms with van der Waals surface area (Å²) >= 11 is 0. The molecular weight excluding hydrogens is 338 g/mol. The van der Waals surface area contributed by atoms with Crippen molar-refractivity contribution in [2.75, 3.05) is 19.6 Å². The van der Waals surface area contributed by atoms with E-state index in [1.54, 1.807) is 12.4 Å². The minimum Gasteiger partial charge on any atom is -0.366 e. The van der Waals surface area contributed by atoms with Crippen LogP contribution in [0, 0.1) is 6.92 Å². The van der Waals surface area contributed by atoms with E-state index in [-0.39, 0.29) is 11.8 Å². The number of likely N-dealkylation sites (N-methyl/N-ethyl adjacent to an activating group) is 2. The Morgan fingerprint density at radius 3 is 2.22 bits per heavy atom. The van der Waals surface area contributed by atoms with E-state index in [0.29, 0.717) is 30.9 Å². The van der Waals surface area contributed by atoms with Crippen molar-refractivity contribution >= 4 is 17.4 Å². The fraction of sp³-hybridized carbons (Fsp3) is 0.318. The van der Waals surface area contributed by atoms with Gasteiger partial charge < -0.3 is 4.90 Å². The quantitative estimate of drug-likeness (QED) is 0.710. The standard InChI is InChI=1S/C22H25N3O2/c1-4-24(15-12-17-10-13-23-14-11-17)20-19(18-8-6-16(3)7-9-18)21(26)25(5-2)22(20)27/h6-11,13-14H,4-5,12,15H2,1-3H3. The van der Waals surface area contributed by atoms with E-state index in [1.165, 1.54) is 4.90 Å². The second-order valence-corrected chi connectivity index (χ2v) is 6.63. The van der Waals surface area contributed by atoms with Crippen LogP contribution in [0.5, 0.6) is 0 Å². The summed E-state index contributed by atoms with van der Waals surface area (Å²) in [7, 11) is 0. The average Bonchev–Trinajstić information content (AvgIpc) is 2.94. The molecule has 1 aromatic heterocycles. The highest BCUT2D eigenvalue weighted by molar-refractivity contribution is 6.35. The van der Waals surface area contributed by atoms with Gasteiger partial charge in [-0.1, -0.05) is 29.8 Å². The Balaban J connectivity index is 1.98. The lowest BCUT2D eigenvalue weighted by atomic mass is 10.0. The molecule has 0 bridgehead atoms. The van der Waals surface area contributed by atoms with Gasteiger partial charge in [-0.2, -0.15) is 0 Å². The highest BCUT2D eigenvalue weighted by atomic mass is 16.2. The van der Waals surface area contributed by atoms with Crippen LogP contribution in [0.15, 0.2) is 54.5 Å². The Labute approximate surface area is 160 Å². The van der Waals surface area contributed by atoms with Crippen LogP contribution in [0.2, 0.25) is 0 Å². The molecule has 5 heteroatoms. The maximum absolute atomic E-state index is 13.0. The molecule has 140 valence electrons. The van der Waals surface area contributed by atoms with Gasteiger partial charge in [-0.15, -0.1) is 0 Å². The van der Waals surface area contributed by atoms with E-state index >= 15 is 0 Å². The van der Waals surface area contributed by atoms with Crippen molar-refractivity contribution in [1.29, 1.82) is 0 Å². The summed E-state index contributed by atoms with van der Waals surface area (Å²) in [6.45, 7) is 7.55. The summed E-state index contributed by atoms with van der Waals surface area (Å²) in [5.41, 5.74) is 4.10. The lowest BCUT2D eigenvalue weighted by Crippen LogP contribution is -2.35. The van der Waals surface area contributed by atoms with Gasteiger partial charge in [0.15, 0.2) is 0 Å². The number of carbonyl (C=O) groups is 2. The van der Waals surface area contributed by atoms with Gasteiger partial charge in [-0.05, 0) is 50.5 Å². The van der Waals surface area contributed by atoms with Crippen LogP contribution in [0.25, 0.3) is 5.57 Å². The van der Waals surface area contributed by atoms with Crippen LogP contribution in [0.3, 0.4) is 0 Å². The second-order valence-electron chi connectivity index (χ2n) is 6.63. The monoisotopic (exact) mass is 363 g/mol. The first-order valence-corrected chi connectivity index (χ1v) is 9.38. The highest BCUT2D eigenvalue weighted by Gasteiger charge is 2.40. The molecule has 0 radical (unpaired) electrons. The number of hydrogen-bond donors (Lipinski definition) is 0. The maximum Gasteiger partial charge on any atom is 0.277 e. The van der Waals surface area contributed by atoms with Crippen LogP contribution in [0.1, 0.15) is 30.5 Å². The highest BCUT2D eigenvalue weighted by Crippen LogP contribution is 2.31. The second kappa shape index (κ2) is 8.16. The Hall–Kier alpha value is -2.95. The number of pyridine rings is 1. The van der Waals surface area contributed by atoms with E-state index in [9.17, 15) is 9.59 Å². The fourth-order valence-electron chi connectivity index (χ4n) is 3.37. The zero-order valence-electron chi connectivity index (χ0n) is 16.1. The number of rotatable bonds is 7. The van der Waals surface area contributed by atoms with Crippen molar-refractivity contribution in [2.24, 2.45) is 0 Å². The minimum absolute atomic E-state index is 0.199. The Bertz CT molecular complexity index is 857. The number of carbonyl (C=O) groups excluding carboxylic acids is 2. The molecule has 0 unspecified atom stereocenters. The van der Waals surface area contributed by atoms with E-state index in [2.05, 4.69) is 4.98 Å². The summed E-state index contributed by atoms with van der Waals surface area (Å²) in [5.74, 6) is -0.404. The lowest BCUT2D eigenvalue weighted by Gasteiger charge is -2.24. The van der Waals surface area contributed by atoms with Gasteiger partial charge in [0.2, 0.25) is 0 Å². The van der Waals surface area contributed by atoms with E-state index in [4.69, 9.17) is 0 Å². The van der Waals surface area contributed by atoms with Crippen LogP contribution in [-0.4, -0.2) is 46.2 Å². The molecular formula is C22H25N3O2. The molecule has 0 fully saturated rings. The molecule has 1 aliphatic heterocycles. The molecule has 0 saturated heterocycles. The average molecular weight is 363 g/mol. The van der Waals surface area contributed by atoms with E-state index < -0.39 is 0 Å². The Morgan fingerprint density at radius 1 is 0.963 bits per heavy atom. The molecule has 0 atom stereocenters. The normalized spacial score (nSPS) is 14.3. The van der Waals surface area contributed by atoms with Gasteiger partial charge in [0, 0.05) is 32.0 Å². The van der Waals surface area contributed by atoms with Crippen LogP contribution in [0.4, 0.5) is 0 Å². The van der Waals surface area contributed by atoms with Crippen LogP contribution >= 0.6 is 0 Å². The van der Waals surface area contributed by atoms with Crippen molar-refractivity contribution in [2.45, 2.75) is 27.2 Å². The molecule has 0 aliphatic carbocycles. The maximum atomic E-state index is 13.0. The minimum atomic E-state index is -0.205. The van der Waals surface area contributed by atoms with Crippen molar-refractivity contribution in [3.8, 4) is 0 Å². The van der Waals surface area contributed by atoms with E-state index in [1.807, 2.05) is 62.1 Å². The third kappa shape index (κ3) is 3.77. The molecule has 0 spiro atoms. The molecule has 5 nitrogen and oxygen atoms in total. The molecule has 1 aliphatic rings. The molecule has 0 saturated carbocycles. The van der Waals surface area contributed by atoms with Gasteiger partial charge in [-0.25, -0.2) is 0 Å². The van der Waals surface area contributed by atoms with Crippen LogP contribution in [-0.2, 0) is 16.0 Å². The van der Waals surface area contributed by atoms with Gasteiger partial charge in [0.25, 0.3) is 11.8 Å². The molecule has 27 heavy (non-hydrogen) atoms. The first-order chi connectivity index (χ1) is 13.1. The summed E-state index contributed by atoms with van der Waals surface area (Å²) in [6, 6.07) is 11.7. The van der Waals surface area contributed by atoms with Gasteiger partial charge in [0.05, 0.1) is 5.57 Å². The van der Waals surface area contributed by atoms with Crippen molar-refractivity contribution < 1.29 is 9.59 Å². The number of benzene rings is 1. The molecule has 2 heterocycles. The predicted octanol–water partition coefficient (Wildman–Crippen LogP) is 3.05. The number of nitrogens with zero attached hydrogens (tertiary/aromatic N) is 3. The molecule has 2 amide bonds. The summed E-state index contributed by atoms with van der Waals surface area (Å²) in [6.07, 6.45) is 4.33. The van der Waals surface area contributed by atoms with Gasteiger partial charge >= 0.3 is 0 Å². The largest absolute Gasteiger partial charge is 0.366 e. The van der Waals surface area contributed by atoms with Crippen molar-refractivity contribution in [1.82, 2.24) is 14.8 Å². The summed E-state index contributed by atoms with van der Waals surface area (Å²) in [5, 5.41) is 0. The van der Waals surface area contributed by atoms with Crippen molar-refractivity contribution in [3.05, 3.63) is 71.2 Å². The van der Waals surface area contributed by atoms with Gasteiger partial charge in [0.1, 0.15) is 5.70 Å². The summed E-state index contributed by atoms with van der Waals surface area (Å²) < 4.78 is 0. The van der Waals surface area contributed by atoms with Crippen LogP contribution < -0.4 is 0 Å². The molecule has 3 rings (SSSR count). The van der Waals surface area contributed by atoms with Gasteiger partial charge in [-0.3, -0.25) is 19.5 Å². The molecule has 1 aromatic carbocycles. The predicted molar refractivity (Wildman–Crippen MR) is 106 cm³/mol. The SMILES string of the molecule is CCN(CCc1ccncc1)C1=C(c2ccc(C)cc2)C(=O)N(CC)C1=O. The number of aromatic nitrogens is 1. The topological polar surface area (TPSA) is 53.5 Å². The summed E-state index contributed by atoms with van der Waals surface area (Å²) in [4.78, 5) is 33.4. The van der Waals surface area contributed by atoms with E-state index in [0.717, 1.165) is 23.1 Å². The van der Waals surface area contributed by atoms with Crippen molar-refractivity contribution in [3.63, 3.8) is 0 Å². The number of imide groups is 1.